The molecule has 19 heavy (non-hydrogen) atoms. The summed E-state index contributed by atoms with van der Waals surface area (Å²) in [5.74, 6) is 0. The highest BCUT2D eigenvalue weighted by atomic mass is 32.2. The summed E-state index contributed by atoms with van der Waals surface area (Å²) in [7, 11) is 0. The predicted molar refractivity (Wildman–Crippen MR) is 82.4 cm³/mol. The minimum absolute atomic E-state index is 0.457. The molecule has 2 aromatic carbocycles. The van der Waals surface area contributed by atoms with Crippen molar-refractivity contribution >= 4 is 22.5 Å². The van der Waals surface area contributed by atoms with Crippen LogP contribution in [0.25, 0.3) is 10.8 Å². The first-order valence-corrected chi connectivity index (χ1v) is 7.63. The number of hydrogen-bond acceptors (Lipinski definition) is 2. The van der Waals surface area contributed by atoms with Gasteiger partial charge in [-0.1, -0.05) is 36.4 Å². The molecule has 0 aliphatic carbocycles. The maximum atomic E-state index is 4.11. The molecule has 96 valence electrons. The smallest absolute Gasteiger partial charge is 0.0946 e. The zero-order valence-electron chi connectivity index (χ0n) is 10.9. The first-order valence-electron chi connectivity index (χ1n) is 6.34. The maximum Gasteiger partial charge on any atom is 0.0946 e. The van der Waals surface area contributed by atoms with Crippen molar-refractivity contribution in [1.82, 2.24) is 9.55 Å². The fraction of sp³-hybridized carbons (Fsp3) is 0.188. The number of benzene rings is 2. The number of hydrogen-bond donors (Lipinski definition) is 0. The molecule has 0 aliphatic heterocycles. The number of aromatic nitrogens is 2. The van der Waals surface area contributed by atoms with Crippen molar-refractivity contribution in [3.63, 3.8) is 0 Å². The molecule has 0 amide bonds. The molecule has 1 atom stereocenters. The summed E-state index contributed by atoms with van der Waals surface area (Å²) >= 11 is 1.88. The van der Waals surface area contributed by atoms with Crippen LogP contribution in [0, 0.1) is 0 Å². The van der Waals surface area contributed by atoms with Crippen LogP contribution in [-0.2, 0) is 6.54 Å². The van der Waals surface area contributed by atoms with Crippen LogP contribution in [0.1, 0.15) is 10.8 Å². The molecule has 1 heterocycles. The Morgan fingerprint density at radius 3 is 2.74 bits per heavy atom. The van der Waals surface area contributed by atoms with Gasteiger partial charge in [0.15, 0.2) is 0 Å². The summed E-state index contributed by atoms with van der Waals surface area (Å²) < 4.78 is 2.14. The van der Waals surface area contributed by atoms with E-state index in [-0.39, 0.29) is 0 Å². The topological polar surface area (TPSA) is 17.8 Å². The maximum absolute atomic E-state index is 4.11. The monoisotopic (exact) mass is 268 g/mol. The number of thioether (sulfide) groups is 1. The van der Waals surface area contributed by atoms with Crippen molar-refractivity contribution in [2.45, 2.75) is 11.8 Å². The van der Waals surface area contributed by atoms with Gasteiger partial charge in [0.05, 0.1) is 6.33 Å². The Labute approximate surface area is 117 Å². The van der Waals surface area contributed by atoms with E-state index in [4.69, 9.17) is 0 Å². The zero-order valence-corrected chi connectivity index (χ0v) is 11.7. The summed E-state index contributed by atoms with van der Waals surface area (Å²) in [5.41, 5.74) is 1.37. The molecule has 3 rings (SSSR count). The van der Waals surface area contributed by atoms with Gasteiger partial charge < -0.3 is 4.57 Å². The summed E-state index contributed by atoms with van der Waals surface area (Å²) in [4.78, 5) is 4.11. The Balaban J connectivity index is 1.92. The highest BCUT2D eigenvalue weighted by molar-refractivity contribution is 7.98. The quantitative estimate of drug-likeness (QED) is 0.707. The lowest BCUT2D eigenvalue weighted by atomic mass is 10.0. The zero-order chi connectivity index (χ0) is 13.1. The van der Waals surface area contributed by atoms with Crippen LogP contribution < -0.4 is 0 Å². The average Bonchev–Trinajstić information content (AvgIpc) is 2.97. The van der Waals surface area contributed by atoms with E-state index in [1.54, 1.807) is 0 Å². The third-order valence-corrected chi connectivity index (χ3v) is 4.36. The second-order valence-electron chi connectivity index (χ2n) is 4.59. The molecule has 0 saturated heterocycles. The molecule has 2 nitrogen and oxygen atoms in total. The van der Waals surface area contributed by atoms with Crippen LogP contribution in [0.3, 0.4) is 0 Å². The van der Waals surface area contributed by atoms with E-state index in [9.17, 15) is 0 Å². The first-order chi connectivity index (χ1) is 9.36. The van der Waals surface area contributed by atoms with Crippen molar-refractivity contribution in [1.29, 1.82) is 0 Å². The molecule has 3 heteroatoms. The fourth-order valence-electron chi connectivity index (χ4n) is 2.31. The summed E-state index contributed by atoms with van der Waals surface area (Å²) in [5, 5.41) is 3.07. The fourth-order valence-corrected chi connectivity index (χ4v) is 3.05. The van der Waals surface area contributed by atoms with Gasteiger partial charge in [-0.2, -0.15) is 11.8 Å². The summed E-state index contributed by atoms with van der Waals surface area (Å²) in [6, 6.07) is 15.3. The van der Waals surface area contributed by atoms with Crippen LogP contribution in [0.2, 0.25) is 0 Å². The number of imidazole rings is 1. The van der Waals surface area contributed by atoms with E-state index in [0.717, 1.165) is 6.54 Å². The predicted octanol–water partition coefficient (Wildman–Crippen LogP) is 4.14. The molecular formula is C16H16N2S. The second-order valence-corrected chi connectivity index (χ2v) is 5.63. The van der Waals surface area contributed by atoms with Gasteiger partial charge in [-0.05, 0) is 28.7 Å². The van der Waals surface area contributed by atoms with Crippen molar-refractivity contribution in [3.8, 4) is 0 Å². The Kier molecular flexibility index (Phi) is 3.56. The van der Waals surface area contributed by atoms with E-state index in [2.05, 4.69) is 58.3 Å². The van der Waals surface area contributed by atoms with Gasteiger partial charge in [-0.25, -0.2) is 4.98 Å². The highest BCUT2D eigenvalue weighted by Crippen LogP contribution is 2.30. The molecule has 0 aliphatic rings. The van der Waals surface area contributed by atoms with Gasteiger partial charge in [-0.3, -0.25) is 0 Å². The first kappa shape index (κ1) is 12.3. The van der Waals surface area contributed by atoms with E-state index in [0.29, 0.717) is 5.25 Å². The number of nitrogens with zero attached hydrogens (tertiary/aromatic N) is 2. The number of rotatable bonds is 4. The van der Waals surface area contributed by atoms with Gasteiger partial charge in [0.25, 0.3) is 0 Å². The summed E-state index contributed by atoms with van der Waals surface area (Å²) in [6.45, 7) is 0.958. The third-order valence-electron chi connectivity index (χ3n) is 3.37. The lowest BCUT2D eigenvalue weighted by molar-refractivity contribution is 0.685. The molecule has 3 aromatic rings. The Morgan fingerprint density at radius 1 is 1.16 bits per heavy atom. The minimum atomic E-state index is 0.457. The van der Waals surface area contributed by atoms with Crippen LogP contribution in [0.5, 0.6) is 0 Å². The van der Waals surface area contributed by atoms with Crippen molar-refractivity contribution in [3.05, 3.63) is 66.7 Å². The van der Waals surface area contributed by atoms with Crippen LogP contribution >= 0.6 is 11.8 Å². The minimum Gasteiger partial charge on any atom is -0.336 e. The standard InChI is InChI=1S/C16H16N2S/c1-19-16(11-18-9-8-17-12-18)15-7-6-13-4-2-3-5-14(13)10-15/h2-10,12,16H,11H2,1H3/t16-/m1/s1. The normalized spacial score (nSPS) is 12.7. The van der Waals surface area contributed by atoms with E-state index >= 15 is 0 Å². The van der Waals surface area contributed by atoms with Crippen LogP contribution in [-0.4, -0.2) is 15.8 Å². The van der Waals surface area contributed by atoms with E-state index < -0.39 is 0 Å². The van der Waals surface area contributed by atoms with Crippen molar-refractivity contribution in [2.75, 3.05) is 6.26 Å². The van der Waals surface area contributed by atoms with Gasteiger partial charge >= 0.3 is 0 Å². The molecule has 0 radical (unpaired) electrons. The highest BCUT2D eigenvalue weighted by Gasteiger charge is 2.11. The van der Waals surface area contributed by atoms with Gasteiger partial charge in [0.1, 0.15) is 0 Å². The lowest BCUT2D eigenvalue weighted by Crippen LogP contribution is -2.04. The molecule has 0 N–H and O–H groups in total. The molecule has 0 bridgehead atoms. The molecular weight excluding hydrogens is 252 g/mol. The second kappa shape index (κ2) is 5.49. The van der Waals surface area contributed by atoms with Gasteiger partial charge in [-0.15, -0.1) is 0 Å². The lowest BCUT2D eigenvalue weighted by Gasteiger charge is -2.16. The van der Waals surface area contributed by atoms with Crippen LogP contribution in [0.15, 0.2) is 61.2 Å². The average molecular weight is 268 g/mol. The Bertz CT molecular complexity index is 661. The SMILES string of the molecule is CS[C@H](Cn1ccnc1)c1ccc2ccccc2c1. The van der Waals surface area contributed by atoms with Crippen molar-refractivity contribution in [2.24, 2.45) is 0 Å². The van der Waals surface area contributed by atoms with Gasteiger partial charge in [0.2, 0.25) is 0 Å². The third kappa shape index (κ3) is 2.66. The Hall–Kier alpha value is -1.74. The van der Waals surface area contributed by atoms with E-state index in [1.165, 1.54) is 16.3 Å². The number of fused-ring (bicyclic) bond motifs is 1. The molecule has 0 unspecified atom stereocenters. The van der Waals surface area contributed by atoms with Gasteiger partial charge in [0, 0.05) is 24.2 Å². The largest absolute Gasteiger partial charge is 0.336 e. The van der Waals surface area contributed by atoms with Crippen LogP contribution in [0.4, 0.5) is 0 Å². The molecule has 1 aromatic heterocycles. The molecule has 0 saturated carbocycles. The molecule has 0 spiro atoms. The van der Waals surface area contributed by atoms with Crippen molar-refractivity contribution < 1.29 is 0 Å². The molecule has 0 fully saturated rings. The van der Waals surface area contributed by atoms with E-state index in [1.807, 2.05) is 30.5 Å². The summed E-state index contributed by atoms with van der Waals surface area (Å²) in [6.07, 6.45) is 7.89. The Morgan fingerprint density at radius 2 is 2.00 bits per heavy atom.